The van der Waals surface area contributed by atoms with Crippen molar-refractivity contribution in [2.75, 3.05) is 13.2 Å². The highest BCUT2D eigenvalue weighted by Crippen LogP contribution is 2.66. The van der Waals surface area contributed by atoms with Crippen LogP contribution in [-0.2, 0) is 4.74 Å². The van der Waals surface area contributed by atoms with Crippen LogP contribution in [0.25, 0.3) is 0 Å². The Labute approximate surface area is 168 Å². The van der Waals surface area contributed by atoms with Gasteiger partial charge in [0, 0.05) is 12.0 Å². The quantitative estimate of drug-likeness (QED) is 0.607. The Kier molecular flexibility index (Phi) is 5.65. The van der Waals surface area contributed by atoms with Crippen LogP contribution in [0, 0.1) is 34.5 Å². The number of fused-ring (bicyclic) bond motifs is 5. The average Bonchev–Trinajstić information content (AvgIpc) is 2.99. The largest absolute Gasteiger partial charge is 0.446 e. The molecule has 0 saturated heterocycles. The molecule has 0 aromatic carbocycles. The Hall–Kier alpha value is -0.870. The maximum atomic E-state index is 14.0. The minimum Gasteiger partial charge on any atom is -0.446 e. The number of rotatable bonds is 4. The van der Waals surface area contributed by atoms with Gasteiger partial charge in [-0.2, -0.15) is 0 Å². The molecule has 4 fully saturated rings. The van der Waals surface area contributed by atoms with E-state index in [1.807, 2.05) is 0 Å². The number of carbonyl (C=O) groups excluding carboxylic acids is 1. The zero-order chi connectivity index (χ0) is 19.9. The number of alkyl halides is 2. The van der Waals surface area contributed by atoms with Gasteiger partial charge in [-0.1, -0.05) is 13.8 Å². The van der Waals surface area contributed by atoms with Crippen LogP contribution in [0.3, 0.4) is 0 Å². The lowest BCUT2D eigenvalue weighted by molar-refractivity contribution is -0.128. The highest BCUT2D eigenvalue weighted by Gasteiger charge is 2.61. The molecule has 0 spiro atoms. The summed E-state index contributed by atoms with van der Waals surface area (Å²) in [7, 11) is 0. The molecule has 4 aliphatic rings. The molecule has 0 aliphatic heterocycles. The molecule has 28 heavy (non-hydrogen) atoms. The van der Waals surface area contributed by atoms with Crippen molar-refractivity contribution in [2.45, 2.75) is 90.3 Å². The SMILES string of the molecule is C[C@]12CC[C@H](F)C[C@@H]1CC[C@@H]1[C@@H]2CC[C@]2(C)[C@@H](OC(=O)NCCCF)CC[C@@H]12. The Morgan fingerprint density at radius 1 is 1.04 bits per heavy atom. The Bertz CT molecular complexity index is 587. The summed E-state index contributed by atoms with van der Waals surface area (Å²) >= 11 is 0. The second-order valence-electron chi connectivity index (χ2n) is 10.5. The summed E-state index contributed by atoms with van der Waals surface area (Å²) in [6.45, 7) is 4.69. The first-order valence-corrected chi connectivity index (χ1v) is 11.5. The molecule has 1 N–H and O–H groups in total. The second-order valence-corrected chi connectivity index (χ2v) is 10.5. The first kappa shape index (κ1) is 20.4. The molecular weight excluding hydrogens is 360 g/mol. The zero-order valence-corrected chi connectivity index (χ0v) is 17.5. The van der Waals surface area contributed by atoms with Gasteiger partial charge in [-0.05, 0) is 93.3 Å². The molecule has 0 aromatic rings. The molecule has 0 heterocycles. The van der Waals surface area contributed by atoms with E-state index in [1.54, 1.807) is 0 Å². The van der Waals surface area contributed by atoms with Gasteiger partial charge >= 0.3 is 6.09 Å². The first-order chi connectivity index (χ1) is 13.4. The van der Waals surface area contributed by atoms with E-state index in [-0.39, 0.29) is 17.6 Å². The standard InChI is InChI=1S/C23H37F2NO2/c1-22-10-8-16(25)14-15(22)4-5-17-18-6-7-20(23(18,2)11-9-19(17)22)28-21(27)26-13-3-12-24/h15-20H,3-14H2,1-2H3,(H,26,27)/t15-,16-,17-,18-,19-,20-,22-,23-/m0/s1. The van der Waals surface area contributed by atoms with E-state index in [4.69, 9.17) is 4.74 Å². The molecule has 4 saturated carbocycles. The number of amides is 1. The molecule has 1 amide bonds. The molecule has 0 unspecified atom stereocenters. The Balaban J connectivity index is 1.44. The predicted octanol–water partition coefficient (Wildman–Crippen LogP) is 5.82. The van der Waals surface area contributed by atoms with E-state index in [0.29, 0.717) is 42.1 Å². The van der Waals surface area contributed by atoms with Gasteiger partial charge < -0.3 is 10.1 Å². The van der Waals surface area contributed by atoms with Gasteiger partial charge in [0.1, 0.15) is 12.3 Å². The van der Waals surface area contributed by atoms with Crippen molar-refractivity contribution in [3.63, 3.8) is 0 Å². The molecule has 3 nitrogen and oxygen atoms in total. The maximum Gasteiger partial charge on any atom is 0.407 e. The van der Waals surface area contributed by atoms with Crippen molar-refractivity contribution in [3.05, 3.63) is 0 Å². The van der Waals surface area contributed by atoms with Gasteiger partial charge in [-0.15, -0.1) is 0 Å². The smallest absolute Gasteiger partial charge is 0.407 e. The fraction of sp³-hybridized carbons (Fsp3) is 0.957. The third-order valence-corrected chi connectivity index (χ3v) is 9.34. The molecule has 5 heteroatoms. The average molecular weight is 398 g/mol. The Morgan fingerprint density at radius 2 is 1.79 bits per heavy atom. The minimum absolute atomic E-state index is 0.0315. The van der Waals surface area contributed by atoms with Gasteiger partial charge in [-0.3, -0.25) is 4.39 Å². The van der Waals surface area contributed by atoms with Crippen LogP contribution >= 0.6 is 0 Å². The van der Waals surface area contributed by atoms with E-state index >= 15 is 0 Å². The number of halogens is 2. The minimum atomic E-state index is -0.594. The van der Waals surface area contributed by atoms with Gasteiger partial charge in [0.25, 0.3) is 0 Å². The predicted molar refractivity (Wildman–Crippen MR) is 105 cm³/mol. The van der Waals surface area contributed by atoms with Crippen molar-refractivity contribution in [2.24, 2.45) is 34.5 Å². The fourth-order valence-electron chi connectivity index (χ4n) is 7.78. The van der Waals surface area contributed by atoms with Crippen molar-refractivity contribution < 1.29 is 18.3 Å². The first-order valence-electron chi connectivity index (χ1n) is 11.5. The highest BCUT2D eigenvalue weighted by atomic mass is 19.1. The number of ether oxygens (including phenoxy) is 1. The molecular formula is C23H37F2NO2. The third kappa shape index (κ3) is 3.35. The monoisotopic (exact) mass is 397 g/mol. The lowest BCUT2D eigenvalue weighted by Crippen LogP contribution is -2.54. The van der Waals surface area contributed by atoms with Crippen molar-refractivity contribution in [3.8, 4) is 0 Å². The van der Waals surface area contributed by atoms with Gasteiger partial charge in [-0.25, -0.2) is 9.18 Å². The second kappa shape index (κ2) is 7.75. The van der Waals surface area contributed by atoms with Crippen LogP contribution in [-0.4, -0.2) is 31.6 Å². The van der Waals surface area contributed by atoms with E-state index in [2.05, 4.69) is 19.2 Å². The highest BCUT2D eigenvalue weighted by molar-refractivity contribution is 5.67. The molecule has 0 aromatic heterocycles. The van der Waals surface area contributed by atoms with E-state index in [0.717, 1.165) is 38.5 Å². The summed E-state index contributed by atoms with van der Waals surface area (Å²) in [6, 6.07) is 0. The number of hydrogen-bond donors (Lipinski definition) is 1. The Morgan fingerprint density at radius 3 is 2.57 bits per heavy atom. The van der Waals surface area contributed by atoms with Crippen molar-refractivity contribution in [1.82, 2.24) is 5.32 Å². The fourth-order valence-corrected chi connectivity index (χ4v) is 7.78. The van der Waals surface area contributed by atoms with Crippen LogP contribution in [0.4, 0.5) is 13.6 Å². The number of hydrogen-bond acceptors (Lipinski definition) is 2. The summed E-state index contributed by atoms with van der Waals surface area (Å²) < 4.78 is 32.1. The maximum absolute atomic E-state index is 14.0. The molecule has 0 radical (unpaired) electrons. The molecule has 0 bridgehead atoms. The summed E-state index contributed by atoms with van der Waals surface area (Å²) in [5.74, 6) is 2.56. The molecule has 8 atom stereocenters. The third-order valence-electron chi connectivity index (χ3n) is 9.34. The van der Waals surface area contributed by atoms with Crippen LogP contribution in [0.15, 0.2) is 0 Å². The van der Waals surface area contributed by atoms with E-state index in [1.165, 1.54) is 19.3 Å². The number of nitrogens with one attached hydrogen (secondary N) is 1. The summed E-state index contributed by atoms with van der Waals surface area (Å²) in [4.78, 5) is 12.2. The van der Waals surface area contributed by atoms with Gasteiger partial charge in [0.2, 0.25) is 0 Å². The topological polar surface area (TPSA) is 38.3 Å². The lowest BCUT2D eigenvalue weighted by atomic mass is 9.45. The van der Waals surface area contributed by atoms with Crippen LogP contribution in [0.2, 0.25) is 0 Å². The van der Waals surface area contributed by atoms with Crippen LogP contribution < -0.4 is 5.32 Å². The lowest BCUT2D eigenvalue weighted by Gasteiger charge is -2.60. The molecule has 4 rings (SSSR count). The van der Waals surface area contributed by atoms with Crippen molar-refractivity contribution >= 4 is 6.09 Å². The van der Waals surface area contributed by atoms with Crippen molar-refractivity contribution in [1.29, 1.82) is 0 Å². The van der Waals surface area contributed by atoms with Crippen LogP contribution in [0.5, 0.6) is 0 Å². The summed E-state index contributed by atoms with van der Waals surface area (Å²) in [6.07, 6.45) is 8.61. The molecule has 4 aliphatic carbocycles. The number of carbonyl (C=O) groups is 1. The summed E-state index contributed by atoms with van der Waals surface area (Å²) in [5.41, 5.74) is 0.356. The normalized spacial score (nSPS) is 47.6. The molecule has 160 valence electrons. The zero-order valence-electron chi connectivity index (χ0n) is 17.5. The van der Waals surface area contributed by atoms with Crippen LogP contribution in [0.1, 0.15) is 78.1 Å². The summed E-state index contributed by atoms with van der Waals surface area (Å²) in [5, 5.41) is 2.69. The van der Waals surface area contributed by atoms with E-state index < -0.39 is 12.8 Å². The van der Waals surface area contributed by atoms with Gasteiger partial charge in [0.05, 0.1) is 6.67 Å². The number of alkyl carbamates (subject to hydrolysis) is 1. The van der Waals surface area contributed by atoms with E-state index in [9.17, 15) is 13.6 Å². The van der Waals surface area contributed by atoms with Gasteiger partial charge in [0.15, 0.2) is 0 Å².